The molecule has 0 atom stereocenters. The molecule has 5 rings (SSSR count). The maximum absolute atomic E-state index is 13.3. The van der Waals surface area contributed by atoms with Gasteiger partial charge in [0.05, 0.1) is 5.69 Å². The van der Waals surface area contributed by atoms with E-state index in [1.165, 1.54) is 10.4 Å². The minimum Gasteiger partial charge on any atom is -0.368 e. The molecule has 32 heavy (non-hydrogen) atoms. The number of aryl methyl sites for hydroxylation is 1. The van der Waals surface area contributed by atoms with E-state index in [-0.39, 0.29) is 10.8 Å². The highest BCUT2D eigenvalue weighted by atomic mass is 32.2. The van der Waals surface area contributed by atoms with Crippen LogP contribution in [0.4, 0.5) is 11.4 Å². The Hall–Kier alpha value is -3.26. The van der Waals surface area contributed by atoms with Gasteiger partial charge in [-0.15, -0.1) is 0 Å². The Morgan fingerprint density at radius 1 is 0.875 bits per heavy atom. The molecule has 0 unspecified atom stereocenters. The second-order valence-electron chi connectivity index (χ2n) is 8.24. The van der Waals surface area contributed by atoms with Crippen molar-refractivity contribution in [2.75, 3.05) is 41.9 Å². The van der Waals surface area contributed by atoms with Gasteiger partial charge in [0.1, 0.15) is 10.6 Å². The fourth-order valence-corrected chi connectivity index (χ4v) is 6.12. The molecule has 7 nitrogen and oxygen atoms in total. The van der Waals surface area contributed by atoms with Gasteiger partial charge in [0.2, 0.25) is 0 Å². The number of fused-ring (bicyclic) bond motifs is 1. The fourth-order valence-electron chi connectivity index (χ4n) is 4.54. The van der Waals surface area contributed by atoms with Crippen LogP contribution in [0, 0.1) is 0 Å². The van der Waals surface area contributed by atoms with E-state index in [0.29, 0.717) is 31.7 Å². The van der Waals surface area contributed by atoms with Crippen molar-refractivity contribution in [3.05, 3.63) is 78.1 Å². The van der Waals surface area contributed by atoms with Crippen molar-refractivity contribution in [1.29, 1.82) is 0 Å². The zero-order valence-corrected chi connectivity index (χ0v) is 18.8. The van der Waals surface area contributed by atoms with E-state index < -0.39 is 10.0 Å². The Morgan fingerprint density at radius 2 is 1.56 bits per heavy atom. The van der Waals surface area contributed by atoms with Crippen molar-refractivity contribution in [2.24, 2.45) is 7.05 Å². The first-order valence-electron chi connectivity index (χ1n) is 10.8. The highest BCUT2D eigenvalue weighted by Crippen LogP contribution is 2.33. The van der Waals surface area contributed by atoms with Gasteiger partial charge in [0.25, 0.3) is 15.9 Å². The number of rotatable bonds is 4. The minimum absolute atomic E-state index is 0.136. The smallest absolute Gasteiger partial charge is 0.270 e. The molecule has 0 aliphatic carbocycles. The number of aromatic nitrogens is 1. The third-order valence-electron chi connectivity index (χ3n) is 6.32. The predicted octanol–water partition coefficient (Wildman–Crippen LogP) is 2.74. The predicted molar refractivity (Wildman–Crippen MR) is 125 cm³/mol. The SMILES string of the molecule is Cn1cc(S(=O)(=O)N2CCc3ccccc32)cc1C(=O)N1CCN(c2ccccc2)CC1. The molecule has 1 fully saturated rings. The number of nitrogens with zero attached hydrogens (tertiary/aromatic N) is 4. The summed E-state index contributed by atoms with van der Waals surface area (Å²) < 4.78 is 29.8. The first kappa shape index (κ1) is 20.6. The van der Waals surface area contributed by atoms with Gasteiger partial charge >= 0.3 is 0 Å². The number of hydrogen-bond acceptors (Lipinski definition) is 4. The highest BCUT2D eigenvalue weighted by molar-refractivity contribution is 7.92. The van der Waals surface area contributed by atoms with Crippen LogP contribution in [0.15, 0.2) is 71.8 Å². The molecule has 3 aromatic rings. The number of benzene rings is 2. The Balaban J connectivity index is 1.33. The summed E-state index contributed by atoms with van der Waals surface area (Å²) in [5.74, 6) is -0.136. The summed E-state index contributed by atoms with van der Waals surface area (Å²) >= 11 is 0. The maximum atomic E-state index is 13.3. The molecule has 0 N–H and O–H groups in total. The third kappa shape index (κ3) is 3.54. The maximum Gasteiger partial charge on any atom is 0.270 e. The van der Waals surface area contributed by atoms with Crippen LogP contribution < -0.4 is 9.21 Å². The number of para-hydroxylation sites is 2. The third-order valence-corrected chi connectivity index (χ3v) is 8.10. The van der Waals surface area contributed by atoms with Crippen LogP contribution in [0.3, 0.4) is 0 Å². The molecule has 1 aromatic heterocycles. The highest BCUT2D eigenvalue weighted by Gasteiger charge is 2.33. The minimum atomic E-state index is -3.73. The Kier molecular flexibility index (Phi) is 5.17. The summed E-state index contributed by atoms with van der Waals surface area (Å²) in [6, 6.07) is 19.2. The van der Waals surface area contributed by atoms with Crippen molar-refractivity contribution < 1.29 is 13.2 Å². The molecule has 2 aromatic carbocycles. The monoisotopic (exact) mass is 450 g/mol. The lowest BCUT2D eigenvalue weighted by molar-refractivity contribution is 0.0737. The largest absolute Gasteiger partial charge is 0.368 e. The van der Waals surface area contributed by atoms with E-state index in [0.717, 1.165) is 30.0 Å². The molecule has 1 saturated heterocycles. The molecule has 0 spiro atoms. The lowest BCUT2D eigenvalue weighted by atomic mass is 10.2. The quantitative estimate of drug-likeness (QED) is 0.613. The normalized spacial score (nSPS) is 16.3. The van der Waals surface area contributed by atoms with Crippen molar-refractivity contribution in [2.45, 2.75) is 11.3 Å². The van der Waals surface area contributed by atoms with Crippen LogP contribution >= 0.6 is 0 Å². The van der Waals surface area contributed by atoms with Crippen LogP contribution in [0.2, 0.25) is 0 Å². The average molecular weight is 451 g/mol. The van der Waals surface area contributed by atoms with Crippen molar-refractivity contribution in [1.82, 2.24) is 9.47 Å². The second-order valence-corrected chi connectivity index (χ2v) is 10.1. The number of piperazine rings is 1. The molecule has 0 bridgehead atoms. The topological polar surface area (TPSA) is 65.9 Å². The van der Waals surface area contributed by atoms with Crippen molar-refractivity contribution >= 4 is 27.3 Å². The molecule has 166 valence electrons. The van der Waals surface area contributed by atoms with Gasteiger partial charge in [-0.1, -0.05) is 36.4 Å². The molecule has 3 heterocycles. The van der Waals surface area contributed by atoms with Crippen LogP contribution in [0.5, 0.6) is 0 Å². The average Bonchev–Trinajstić information content (AvgIpc) is 3.44. The number of carbonyl (C=O) groups is 1. The number of amides is 1. The summed E-state index contributed by atoms with van der Waals surface area (Å²) in [6.07, 6.45) is 2.24. The van der Waals surface area contributed by atoms with Gasteiger partial charge in [-0.25, -0.2) is 8.42 Å². The zero-order chi connectivity index (χ0) is 22.3. The van der Waals surface area contributed by atoms with Gasteiger partial charge in [0.15, 0.2) is 0 Å². The summed E-state index contributed by atoms with van der Waals surface area (Å²) in [5, 5.41) is 0. The van der Waals surface area contributed by atoms with Gasteiger partial charge in [0, 0.05) is 51.7 Å². The molecular weight excluding hydrogens is 424 g/mol. The molecule has 2 aliphatic rings. The van der Waals surface area contributed by atoms with Crippen molar-refractivity contribution in [3.8, 4) is 0 Å². The van der Waals surface area contributed by atoms with Crippen molar-refractivity contribution in [3.63, 3.8) is 0 Å². The van der Waals surface area contributed by atoms with Crippen LogP contribution in [0.1, 0.15) is 16.1 Å². The molecule has 0 saturated carbocycles. The molecule has 8 heteroatoms. The van der Waals surface area contributed by atoms with E-state index in [2.05, 4.69) is 17.0 Å². The van der Waals surface area contributed by atoms with Gasteiger partial charge < -0.3 is 14.4 Å². The Morgan fingerprint density at radius 3 is 2.31 bits per heavy atom. The first-order valence-corrected chi connectivity index (χ1v) is 12.3. The summed E-state index contributed by atoms with van der Waals surface area (Å²) in [7, 11) is -2.00. The summed E-state index contributed by atoms with van der Waals surface area (Å²) in [6.45, 7) is 3.11. The van der Waals surface area contributed by atoms with Crippen LogP contribution in [0.25, 0.3) is 0 Å². The van der Waals surface area contributed by atoms with Gasteiger partial charge in [-0.2, -0.15) is 0 Å². The Bertz CT molecular complexity index is 1250. The van der Waals surface area contributed by atoms with E-state index in [1.54, 1.807) is 22.7 Å². The van der Waals surface area contributed by atoms with E-state index >= 15 is 0 Å². The van der Waals surface area contributed by atoms with E-state index in [4.69, 9.17) is 0 Å². The fraction of sp³-hybridized carbons (Fsp3) is 0.292. The number of carbonyl (C=O) groups excluding carboxylic acids is 1. The summed E-state index contributed by atoms with van der Waals surface area (Å²) in [5.41, 5.74) is 3.29. The first-order chi connectivity index (χ1) is 15.4. The van der Waals surface area contributed by atoms with Gasteiger partial charge in [-0.05, 0) is 36.2 Å². The lowest BCUT2D eigenvalue weighted by Gasteiger charge is -2.36. The number of anilines is 2. The second kappa shape index (κ2) is 8.02. The van der Waals surface area contributed by atoms with Crippen LogP contribution in [-0.4, -0.2) is 56.5 Å². The lowest BCUT2D eigenvalue weighted by Crippen LogP contribution is -2.49. The van der Waals surface area contributed by atoms with E-state index in [1.807, 2.05) is 42.5 Å². The molecule has 2 aliphatic heterocycles. The summed E-state index contributed by atoms with van der Waals surface area (Å²) in [4.78, 5) is 17.4. The zero-order valence-electron chi connectivity index (χ0n) is 18.0. The molecule has 1 amide bonds. The number of hydrogen-bond donors (Lipinski definition) is 0. The molecular formula is C24H26N4O3S. The molecule has 0 radical (unpaired) electrons. The number of sulfonamides is 1. The van der Waals surface area contributed by atoms with E-state index in [9.17, 15) is 13.2 Å². The standard InChI is InChI=1S/C24H26N4O3S/c1-25-18-21(32(30,31)28-12-11-19-7-5-6-10-22(19)28)17-23(25)24(29)27-15-13-26(14-16-27)20-8-3-2-4-9-20/h2-10,17-18H,11-16H2,1H3. The van der Waals surface area contributed by atoms with Gasteiger partial charge in [-0.3, -0.25) is 9.10 Å². The Labute approximate surface area is 188 Å². The van der Waals surface area contributed by atoms with Crippen LogP contribution in [-0.2, 0) is 23.5 Å².